The van der Waals surface area contributed by atoms with Gasteiger partial charge in [0.1, 0.15) is 6.67 Å². The standard InChI is InChI=1S/C15H15FN4O/c1-21-15(14(10-16)19-20-17)13-4-2-11(3-5-13)12-6-8-18-9-7-12/h2-9,14-15H,10H2,1H3/t14-,15-/m1/s1. The Morgan fingerprint density at radius 1 is 1.19 bits per heavy atom. The van der Waals surface area contributed by atoms with Crippen molar-refractivity contribution >= 4 is 0 Å². The summed E-state index contributed by atoms with van der Waals surface area (Å²) in [4.78, 5) is 6.64. The molecule has 5 nitrogen and oxygen atoms in total. The lowest BCUT2D eigenvalue weighted by Gasteiger charge is -2.20. The van der Waals surface area contributed by atoms with Gasteiger partial charge < -0.3 is 4.74 Å². The third kappa shape index (κ3) is 3.56. The number of halogens is 1. The van der Waals surface area contributed by atoms with Gasteiger partial charge in [0.25, 0.3) is 0 Å². The van der Waals surface area contributed by atoms with Gasteiger partial charge in [-0.05, 0) is 34.4 Å². The first kappa shape index (κ1) is 15.0. The minimum absolute atomic E-state index is 0.600. The Kier molecular flexibility index (Phi) is 5.26. The Hall–Kier alpha value is -2.43. The van der Waals surface area contributed by atoms with Crippen molar-refractivity contribution in [2.45, 2.75) is 12.1 Å². The molecule has 1 aromatic heterocycles. The summed E-state index contributed by atoms with van der Waals surface area (Å²) >= 11 is 0. The average molecular weight is 286 g/mol. The molecule has 6 heteroatoms. The Labute approximate surface area is 122 Å². The van der Waals surface area contributed by atoms with E-state index in [1.807, 2.05) is 36.4 Å². The number of methoxy groups -OCH3 is 1. The van der Waals surface area contributed by atoms with Crippen LogP contribution >= 0.6 is 0 Å². The molecular weight excluding hydrogens is 271 g/mol. The second kappa shape index (κ2) is 7.38. The van der Waals surface area contributed by atoms with Gasteiger partial charge in [0, 0.05) is 24.4 Å². The zero-order valence-electron chi connectivity index (χ0n) is 11.6. The van der Waals surface area contributed by atoms with Crippen molar-refractivity contribution in [3.63, 3.8) is 0 Å². The fraction of sp³-hybridized carbons (Fsp3) is 0.267. The molecule has 0 aliphatic carbocycles. The minimum Gasteiger partial charge on any atom is -0.376 e. The molecule has 0 aliphatic heterocycles. The minimum atomic E-state index is -0.869. The third-order valence-corrected chi connectivity index (χ3v) is 3.21. The first-order valence-corrected chi connectivity index (χ1v) is 6.43. The lowest BCUT2D eigenvalue weighted by molar-refractivity contribution is 0.0722. The summed E-state index contributed by atoms with van der Waals surface area (Å²) in [5, 5.41) is 3.44. The number of hydrogen-bond donors (Lipinski definition) is 0. The zero-order valence-corrected chi connectivity index (χ0v) is 11.6. The van der Waals surface area contributed by atoms with Gasteiger partial charge in [-0.15, -0.1) is 0 Å². The molecule has 1 heterocycles. The maximum absolute atomic E-state index is 13.0. The predicted molar refractivity (Wildman–Crippen MR) is 78.3 cm³/mol. The largest absolute Gasteiger partial charge is 0.376 e. The summed E-state index contributed by atoms with van der Waals surface area (Å²) in [6.07, 6.45) is 2.85. The lowest BCUT2D eigenvalue weighted by Crippen LogP contribution is -2.20. The Bertz CT molecular complexity index is 611. The molecular formula is C15H15FN4O. The summed E-state index contributed by atoms with van der Waals surface area (Å²) in [7, 11) is 1.47. The van der Waals surface area contributed by atoms with E-state index < -0.39 is 18.8 Å². The van der Waals surface area contributed by atoms with Crippen molar-refractivity contribution in [1.29, 1.82) is 0 Å². The van der Waals surface area contributed by atoms with E-state index in [9.17, 15) is 4.39 Å². The predicted octanol–water partition coefficient (Wildman–Crippen LogP) is 4.08. The molecule has 0 fully saturated rings. The van der Waals surface area contributed by atoms with Crippen molar-refractivity contribution in [1.82, 2.24) is 4.98 Å². The molecule has 108 valence electrons. The highest BCUT2D eigenvalue weighted by Crippen LogP contribution is 2.26. The van der Waals surface area contributed by atoms with Crippen molar-refractivity contribution in [2.24, 2.45) is 5.11 Å². The Balaban J connectivity index is 2.26. The van der Waals surface area contributed by atoms with Gasteiger partial charge in [-0.2, -0.15) is 0 Å². The normalized spacial score (nSPS) is 13.2. The summed E-state index contributed by atoms with van der Waals surface area (Å²) in [6, 6.07) is 10.5. The van der Waals surface area contributed by atoms with Gasteiger partial charge in [0.2, 0.25) is 0 Å². The van der Waals surface area contributed by atoms with Crippen LogP contribution in [0.5, 0.6) is 0 Å². The maximum Gasteiger partial charge on any atom is 0.101 e. The maximum atomic E-state index is 13.0. The molecule has 0 saturated heterocycles. The van der Waals surface area contributed by atoms with Crippen LogP contribution in [0.1, 0.15) is 11.7 Å². The fourth-order valence-electron chi connectivity index (χ4n) is 2.16. The molecule has 1 aromatic carbocycles. The molecule has 0 bridgehead atoms. The van der Waals surface area contributed by atoms with Gasteiger partial charge in [-0.25, -0.2) is 0 Å². The molecule has 2 atom stereocenters. The first-order chi connectivity index (χ1) is 10.3. The number of azide groups is 1. The average Bonchev–Trinajstić information content (AvgIpc) is 2.56. The molecule has 2 aromatic rings. The Morgan fingerprint density at radius 3 is 2.33 bits per heavy atom. The Morgan fingerprint density at radius 2 is 1.81 bits per heavy atom. The van der Waals surface area contributed by atoms with Crippen LogP contribution in [-0.4, -0.2) is 24.8 Å². The molecule has 0 aliphatic rings. The molecule has 0 unspecified atom stereocenters. The second-order valence-corrected chi connectivity index (χ2v) is 4.44. The van der Waals surface area contributed by atoms with Crippen LogP contribution < -0.4 is 0 Å². The zero-order chi connectivity index (χ0) is 15.1. The van der Waals surface area contributed by atoms with E-state index in [2.05, 4.69) is 15.0 Å². The van der Waals surface area contributed by atoms with Crippen molar-refractivity contribution in [2.75, 3.05) is 13.8 Å². The molecule has 0 saturated carbocycles. The van der Waals surface area contributed by atoms with E-state index in [1.54, 1.807) is 12.4 Å². The van der Waals surface area contributed by atoms with E-state index in [1.165, 1.54) is 7.11 Å². The van der Waals surface area contributed by atoms with Crippen molar-refractivity contribution in [3.05, 3.63) is 64.8 Å². The summed E-state index contributed by atoms with van der Waals surface area (Å²) < 4.78 is 18.2. The van der Waals surface area contributed by atoms with E-state index in [0.29, 0.717) is 0 Å². The van der Waals surface area contributed by atoms with Crippen LogP contribution in [0.25, 0.3) is 21.6 Å². The lowest BCUT2D eigenvalue weighted by atomic mass is 9.99. The van der Waals surface area contributed by atoms with Crippen LogP contribution in [-0.2, 0) is 4.74 Å². The van der Waals surface area contributed by atoms with Crippen LogP contribution in [0.3, 0.4) is 0 Å². The quantitative estimate of drug-likeness (QED) is 0.456. The summed E-state index contributed by atoms with van der Waals surface area (Å²) in [6.45, 7) is -0.769. The topological polar surface area (TPSA) is 70.9 Å². The van der Waals surface area contributed by atoms with Gasteiger partial charge in [0.05, 0.1) is 12.1 Å². The highest BCUT2D eigenvalue weighted by Gasteiger charge is 2.22. The van der Waals surface area contributed by atoms with Gasteiger partial charge >= 0.3 is 0 Å². The molecule has 21 heavy (non-hydrogen) atoms. The van der Waals surface area contributed by atoms with Crippen molar-refractivity contribution < 1.29 is 9.13 Å². The van der Waals surface area contributed by atoms with Crippen molar-refractivity contribution in [3.8, 4) is 11.1 Å². The number of benzene rings is 1. The number of hydrogen-bond acceptors (Lipinski definition) is 3. The molecule has 0 amide bonds. The number of alkyl halides is 1. The highest BCUT2D eigenvalue weighted by atomic mass is 19.1. The monoisotopic (exact) mass is 286 g/mol. The molecule has 0 spiro atoms. The number of nitrogens with zero attached hydrogens (tertiary/aromatic N) is 4. The smallest absolute Gasteiger partial charge is 0.101 e. The van der Waals surface area contributed by atoms with E-state index in [0.717, 1.165) is 16.7 Å². The fourth-order valence-corrected chi connectivity index (χ4v) is 2.16. The van der Waals surface area contributed by atoms with Gasteiger partial charge in [-0.3, -0.25) is 9.37 Å². The van der Waals surface area contributed by atoms with Crippen LogP contribution in [0.4, 0.5) is 4.39 Å². The first-order valence-electron chi connectivity index (χ1n) is 6.43. The van der Waals surface area contributed by atoms with Gasteiger partial charge in [-0.1, -0.05) is 29.4 Å². The third-order valence-electron chi connectivity index (χ3n) is 3.21. The highest BCUT2D eigenvalue weighted by molar-refractivity contribution is 5.62. The molecule has 2 rings (SSSR count). The van der Waals surface area contributed by atoms with Crippen LogP contribution in [0.2, 0.25) is 0 Å². The second-order valence-electron chi connectivity index (χ2n) is 4.44. The molecule has 0 N–H and O–H groups in total. The molecule has 0 radical (unpaired) electrons. The van der Waals surface area contributed by atoms with Crippen LogP contribution in [0.15, 0.2) is 53.9 Å². The summed E-state index contributed by atoms with van der Waals surface area (Å²) in [5.41, 5.74) is 11.3. The number of pyridine rings is 1. The number of aromatic nitrogens is 1. The SMILES string of the molecule is CO[C@H](c1ccc(-c2ccncc2)cc1)[C@@H](CF)N=[N+]=[N-]. The number of rotatable bonds is 6. The van der Waals surface area contributed by atoms with Crippen LogP contribution in [0, 0.1) is 0 Å². The van der Waals surface area contributed by atoms with E-state index in [4.69, 9.17) is 10.3 Å². The van der Waals surface area contributed by atoms with E-state index >= 15 is 0 Å². The number of ether oxygens (including phenoxy) is 1. The van der Waals surface area contributed by atoms with E-state index in [-0.39, 0.29) is 0 Å². The summed E-state index contributed by atoms with van der Waals surface area (Å²) in [5.74, 6) is 0. The van der Waals surface area contributed by atoms with Gasteiger partial charge in [0.15, 0.2) is 0 Å².